The molecule has 140 valence electrons. The SMILES string of the molecule is COC(=O)C1=C(C)N(c2ccc(OC)c(OC)c2)C(=O)C1=Cc1ccco1. The molecule has 0 spiro atoms. The molecule has 1 amide bonds. The Morgan fingerprint density at radius 2 is 1.85 bits per heavy atom. The summed E-state index contributed by atoms with van der Waals surface area (Å²) in [6.45, 7) is 1.68. The smallest absolute Gasteiger partial charge is 0.340 e. The third-order valence-electron chi connectivity index (χ3n) is 4.24. The predicted octanol–water partition coefficient (Wildman–Crippen LogP) is 3.17. The number of carbonyl (C=O) groups is 2. The number of hydrogen-bond acceptors (Lipinski definition) is 6. The van der Waals surface area contributed by atoms with Crippen LogP contribution >= 0.6 is 0 Å². The van der Waals surface area contributed by atoms with Crippen molar-refractivity contribution >= 4 is 23.6 Å². The first-order valence-electron chi connectivity index (χ1n) is 8.13. The van der Waals surface area contributed by atoms with Crippen molar-refractivity contribution in [3.05, 3.63) is 59.2 Å². The number of nitrogens with zero attached hydrogens (tertiary/aromatic N) is 1. The Morgan fingerprint density at radius 1 is 1.11 bits per heavy atom. The summed E-state index contributed by atoms with van der Waals surface area (Å²) in [4.78, 5) is 26.9. The van der Waals surface area contributed by atoms with Gasteiger partial charge in [-0.1, -0.05) is 0 Å². The van der Waals surface area contributed by atoms with Crippen molar-refractivity contribution in [2.75, 3.05) is 26.2 Å². The van der Waals surface area contributed by atoms with Crippen molar-refractivity contribution in [3.63, 3.8) is 0 Å². The molecule has 0 fully saturated rings. The van der Waals surface area contributed by atoms with Gasteiger partial charge in [0.1, 0.15) is 5.76 Å². The van der Waals surface area contributed by atoms with Gasteiger partial charge in [0.2, 0.25) is 0 Å². The highest BCUT2D eigenvalue weighted by atomic mass is 16.5. The van der Waals surface area contributed by atoms with Gasteiger partial charge in [0.05, 0.1) is 44.4 Å². The molecule has 27 heavy (non-hydrogen) atoms. The molecule has 1 aromatic carbocycles. The summed E-state index contributed by atoms with van der Waals surface area (Å²) in [5.74, 6) is 0.507. The number of hydrogen-bond donors (Lipinski definition) is 0. The average molecular weight is 369 g/mol. The first-order valence-corrected chi connectivity index (χ1v) is 8.13. The van der Waals surface area contributed by atoms with E-state index < -0.39 is 5.97 Å². The lowest BCUT2D eigenvalue weighted by Crippen LogP contribution is -2.24. The van der Waals surface area contributed by atoms with E-state index in [0.29, 0.717) is 28.6 Å². The minimum atomic E-state index is -0.596. The largest absolute Gasteiger partial charge is 0.493 e. The number of methoxy groups -OCH3 is 3. The molecule has 0 bridgehead atoms. The second-order valence-electron chi connectivity index (χ2n) is 5.71. The first kappa shape index (κ1) is 18.3. The molecule has 0 aliphatic carbocycles. The summed E-state index contributed by atoms with van der Waals surface area (Å²) < 4.78 is 20.7. The molecule has 0 radical (unpaired) electrons. The Morgan fingerprint density at radius 3 is 2.44 bits per heavy atom. The van der Waals surface area contributed by atoms with Gasteiger partial charge >= 0.3 is 5.97 Å². The number of rotatable bonds is 5. The summed E-state index contributed by atoms with van der Waals surface area (Å²) in [6.07, 6.45) is 3.02. The molecule has 2 heterocycles. The molecule has 0 N–H and O–H groups in total. The van der Waals surface area contributed by atoms with E-state index >= 15 is 0 Å². The Bertz CT molecular complexity index is 939. The van der Waals surface area contributed by atoms with Gasteiger partial charge < -0.3 is 18.6 Å². The zero-order valence-electron chi connectivity index (χ0n) is 15.4. The fourth-order valence-corrected chi connectivity index (χ4v) is 2.97. The zero-order chi connectivity index (χ0) is 19.6. The lowest BCUT2D eigenvalue weighted by molar-refractivity contribution is -0.136. The Hall–Kier alpha value is -3.48. The quantitative estimate of drug-likeness (QED) is 0.595. The number of esters is 1. The van der Waals surface area contributed by atoms with Crippen molar-refractivity contribution in [1.29, 1.82) is 0 Å². The number of carbonyl (C=O) groups excluding carboxylic acids is 2. The topological polar surface area (TPSA) is 78.2 Å². The van der Waals surface area contributed by atoms with Crippen LogP contribution in [0.2, 0.25) is 0 Å². The Labute approximate surface area is 156 Å². The van der Waals surface area contributed by atoms with Crippen LogP contribution in [0.25, 0.3) is 6.08 Å². The molecule has 1 aliphatic rings. The maximum Gasteiger partial charge on any atom is 0.340 e. The molecule has 0 saturated heterocycles. The van der Waals surface area contributed by atoms with Crippen LogP contribution in [0.3, 0.4) is 0 Å². The lowest BCUT2D eigenvalue weighted by Gasteiger charge is -2.19. The number of amides is 1. The van der Waals surface area contributed by atoms with Crippen LogP contribution in [0, 0.1) is 0 Å². The van der Waals surface area contributed by atoms with Crippen molar-refractivity contribution < 1.29 is 28.2 Å². The van der Waals surface area contributed by atoms with E-state index in [9.17, 15) is 9.59 Å². The van der Waals surface area contributed by atoms with Crippen molar-refractivity contribution in [2.24, 2.45) is 0 Å². The van der Waals surface area contributed by atoms with Gasteiger partial charge in [-0.05, 0) is 37.3 Å². The summed E-state index contributed by atoms with van der Waals surface area (Å²) in [7, 11) is 4.32. The van der Waals surface area contributed by atoms with E-state index in [1.54, 1.807) is 37.3 Å². The number of furan rings is 1. The number of allylic oxidation sites excluding steroid dienone is 1. The van der Waals surface area contributed by atoms with Crippen molar-refractivity contribution in [2.45, 2.75) is 6.92 Å². The van der Waals surface area contributed by atoms with Crippen molar-refractivity contribution in [1.82, 2.24) is 0 Å². The highest BCUT2D eigenvalue weighted by Crippen LogP contribution is 2.39. The molecular weight excluding hydrogens is 350 g/mol. The second-order valence-corrected chi connectivity index (χ2v) is 5.71. The van der Waals surface area contributed by atoms with Crippen LogP contribution in [0.1, 0.15) is 12.7 Å². The van der Waals surface area contributed by atoms with Gasteiger partial charge in [0.15, 0.2) is 11.5 Å². The van der Waals surface area contributed by atoms with Crippen LogP contribution in [-0.2, 0) is 14.3 Å². The van der Waals surface area contributed by atoms with Crippen LogP contribution in [-0.4, -0.2) is 33.2 Å². The third kappa shape index (κ3) is 3.19. The normalized spacial score (nSPS) is 15.5. The predicted molar refractivity (Wildman–Crippen MR) is 98.4 cm³/mol. The van der Waals surface area contributed by atoms with Gasteiger partial charge in [-0.3, -0.25) is 9.69 Å². The highest BCUT2D eigenvalue weighted by molar-refractivity contribution is 6.23. The summed E-state index contributed by atoms with van der Waals surface area (Å²) in [6, 6.07) is 8.48. The minimum absolute atomic E-state index is 0.189. The van der Waals surface area contributed by atoms with Gasteiger partial charge in [0.25, 0.3) is 5.91 Å². The van der Waals surface area contributed by atoms with Crippen LogP contribution < -0.4 is 14.4 Å². The lowest BCUT2D eigenvalue weighted by atomic mass is 10.1. The molecule has 2 aromatic rings. The average Bonchev–Trinajstić information content (AvgIpc) is 3.27. The number of benzene rings is 1. The molecule has 7 nitrogen and oxygen atoms in total. The van der Waals surface area contributed by atoms with Crippen LogP contribution in [0.5, 0.6) is 11.5 Å². The monoisotopic (exact) mass is 369 g/mol. The summed E-state index contributed by atoms with van der Waals surface area (Å²) in [5, 5.41) is 0. The highest BCUT2D eigenvalue weighted by Gasteiger charge is 2.38. The van der Waals surface area contributed by atoms with E-state index in [2.05, 4.69) is 0 Å². The van der Waals surface area contributed by atoms with E-state index in [0.717, 1.165) is 0 Å². The molecule has 0 saturated carbocycles. The van der Waals surface area contributed by atoms with Gasteiger partial charge in [0, 0.05) is 11.8 Å². The molecule has 0 atom stereocenters. The van der Waals surface area contributed by atoms with E-state index in [-0.39, 0.29) is 17.1 Å². The molecule has 0 unspecified atom stereocenters. The fourth-order valence-electron chi connectivity index (χ4n) is 2.97. The van der Waals surface area contributed by atoms with Crippen molar-refractivity contribution in [3.8, 4) is 11.5 Å². The Kier molecular flexibility index (Phi) is 5.03. The van der Waals surface area contributed by atoms with E-state index in [1.807, 2.05) is 0 Å². The standard InChI is InChI=1S/C20H19NO6/c1-12-18(20(23)26-4)15(11-14-6-5-9-27-14)19(22)21(12)13-7-8-16(24-2)17(10-13)25-3/h5-11H,1-4H3. The molecule has 1 aromatic heterocycles. The van der Waals surface area contributed by atoms with Gasteiger partial charge in [-0.2, -0.15) is 0 Å². The summed E-state index contributed by atoms with van der Waals surface area (Å²) >= 11 is 0. The molecule has 1 aliphatic heterocycles. The zero-order valence-corrected chi connectivity index (χ0v) is 15.4. The minimum Gasteiger partial charge on any atom is -0.493 e. The maximum atomic E-state index is 13.1. The molecular formula is C20H19NO6. The number of anilines is 1. The van der Waals surface area contributed by atoms with Crippen LogP contribution in [0.15, 0.2) is 57.9 Å². The maximum absolute atomic E-state index is 13.1. The van der Waals surface area contributed by atoms with Gasteiger partial charge in [-0.25, -0.2) is 4.79 Å². The third-order valence-corrected chi connectivity index (χ3v) is 4.24. The fraction of sp³-hybridized carbons (Fsp3) is 0.200. The second kappa shape index (κ2) is 7.41. The molecule has 7 heteroatoms. The Balaban J connectivity index is 2.13. The van der Waals surface area contributed by atoms with E-state index in [4.69, 9.17) is 18.6 Å². The van der Waals surface area contributed by atoms with Gasteiger partial charge in [-0.15, -0.1) is 0 Å². The first-order chi connectivity index (χ1) is 13.0. The number of ether oxygens (including phenoxy) is 3. The van der Waals surface area contributed by atoms with E-state index in [1.165, 1.54) is 38.6 Å². The summed E-state index contributed by atoms with van der Waals surface area (Å²) in [5.41, 5.74) is 1.38. The molecule has 3 rings (SSSR count). The van der Waals surface area contributed by atoms with Crippen LogP contribution in [0.4, 0.5) is 5.69 Å².